The van der Waals surface area contributed by atoms with Crippen molar-refractivity contribution in [1.82, 2.24) is 10.2 Å². The van der Waals surface area contributed by atoms with E-state index in [0.29, 0.717) is 5.56 Å². The van der Waals surface area contributed by atoms with Crippen LogP contribution in [0.15, 0.2) is 54.6 Å². The number of hydrogen-bond acceptors (Lipinski definition) is 7. The van der Waals surface area contributed by atoms with Crippen molar-refractivity contribution in [2.24, 2.45) is 0 Å². The van der Waals surface area contributed by atoms with Gasteiger partial charge in [0.15, 0.2) is 6.04 Å². The molecule has 2 aromatic carbocycles. The van der Waals surface area contributed by atoms with Crippen LogP contribution in [0, 0.1) is 0 Å². The maximum atomic E-state index is 12.5. The van der Waals surface area contributed by atoms with Crippen molar-refractivity contribution in [1.29, 1.82) is 0 Å². The lowest BCUT2D eigenvalue weighted by Crippen LogP contribution is -2.65. The number of carbonyl (C=O) groups excluding carboxylic acids is 3. The van der Waals surface area contributed by atoms with E-state index < -0.39 is 41.8 Å². The van der Waals surface area contributed by atoms with Gasteiger partial charge in [-0.3, -0.25) is 4.79 Å². The van der Waals surface area contributed by atoms with Crippen LogP contribution in [0.25, 0.3) is 0 Å². The number of ether oxygens (including phenoxy) is 3. The van der Waals surface area contributed by atoms with Crippen LogP contribution < -0.4 is 10.1 Å². The SMILES string of the molecule is CC(C)(C)OC(=O)Oc1ccc([C@H](C(=O)O)N2C[C@H](NC(=O)OCc3ccccc3)C2=O)cc1. The molecule has 1 aliphatic rings. The van der Waals surface area contributed by atoms with Crippen LogP contribution in [0.5, 0.6) is 5.75 Å². The zero-order valence-corrected chi connectivity index (χ0v) is 19.0. The molecule has 3 rings (SSSR count). The van der Waals surface area contributed by atoms with Crippen LogP contribution >= 0.6 is 0 Å². The number of alkyl carbamates (subject to hydrolysis) is 1. The number of nitrogens with one attached hydrogen (secondary N) is 1. The highest BCUT2D eigenvalue weighted by atomic mass is 16.7. The number of benzene rings is 2. The molecule has 1 fully saturated rings. The summed E-state index contributed by atoms with van der Waals surface area (Å²) in [4.78, 5) is 49.3. The zero-order valence-electron chi connectivity index (χ0n) is 19.0. The van der Waals surface area contributed by atoms with Gasteiger partial charge < -0.3 is 29.5 Å². The van der Waals surface area contributed by atoms with Crippen molar-refractivity contribution in [2.45, 2.75) is 45.1 Å². The van der Waals surface area contributed by atoms with Gasteiger partial charge in [-0.2, -0.15) is 0 Å². The first-order valence-electron chi connectivity index (χ1n) is 10.5. The Hall–Kier alpha value is -4.08. The highest BCUT2D eigenvalue weighted by Gasteiger charge is 2.45. The molecule has 2 amide bonds. The van der Waals surface area contributed by atoms with E-state index in [2.05, 4.69) is 5.32 Å². The summed E-state index contributed by atoms with van der Waals surface area (Å²) in [5.41, 5.74) is 0.383. The van der Waals surface area contributed by atoms with Gasteiger partial charge in [0.2, 0.25) is 5.91 Å². The van der Waals surface area contributed by atoms with Crippen LogP contribution in [0.1, 0.15) is 37.9 Å². The molecule has 2 N–H and O–H groups in total. The molecule has 0 bridgehead atoms. The molecule has 0 unspecified atom stereocenters. The van der Waals surface area contributed by atoms with Crippen molar-refractivity contribution in [3.63, 3.8) is 0 Å². The van der Waals surface area contributed by atoms with Gasteiger partial charge in [-0.1, -0.05) is 42.5 Å². The Labute approximate surface area is 196 Å². The minimum atomic E-state index is -1.26. The Morgan fingerprint density at radius 2 is 1.74 bits per heavy atom. The summed E-state index contributed by atoms with van der Waals surface area (Å²) in [7, 11) is 0. The molecule has 1 heterocycles. The Morgan fingerprint density at radius 3 is 2.29 bits per heavy atom. The summed E-state index contributed by atoms with van der Waals surface area (Å²) in [6.45, 7) is 5.15. The lowest BCUT2D eigenvalue weighted by molar-refractivity contribution is -0.159. The molecule has 0 aromatic heterocycles. The van der Waals surface area contributed by atoms with Crippen molar-refractivity contribution < 1.29 is 38.5 Å². The molecule has 2 aromatic rings. The number of hydrogen-bond donors (Lipinski definition) is 2. The molecule has 180 valence electrons. The number of amides is 2. The summed E-state index contributed by atoms with van der Waals surface area (Å²) >= 11 is 0. The number of aliphatic carboxylic acids is 1. The maximum absolute atomic E-state index is 12.5. The third kappa shape index (κ3) is 6.47. The Kier molecular flexibility index (Phi) is 7.40. The smallest absolute Gasteiger partial charge is 0.479 e. The number of rotatable bonds is 7. The van der Waals surface area contributed by atoms with Crippen LogP contribution in [0.3, 0.4) is 0 Å². The average molecular weight is 470 g/mol. The van der Waals surface area contributed by atoms with Crippen molar-refractivity contribution in [3.05, 3.63) is 65.7 Å². The van der Waals surface area contributed by atoms with Gasteiger partial charge in [0.1, 0.15) is 24.0 Å². The standard InChI is InChI=1S/C24H26N2O8/c1-24(2,3)34-23(31)33-17-11-9-16(10-12-17)19(21(28)29)26-13-18(20(26)27)25-22(30)32-14-15-7-5-4-6-8-15/h4-12,18-19H,13-14H2,1-3H3,(H,25,30)(H,28,29)/t18-,19+/m0/s1. The zero-order chi connectivity index (χ0) is 24.9. The number of carbonyl (C=O) groups is 4. The van der Waals surface area contributed by atoms with Gasteiger partial charge in [0.05, 0.1) is 6.54 Å². The molecule has 10 nitrogen and oxygen atoms in total. The minimum absolute atomic E-state index is 0.00635. The second kappa shape index (κ2) is 10.2. The molecule has 0 radical (unpaired) electrons. The highest BCUT2D eigenvalue weighted by Crippen LogP contribution is 2.29. The molecule has 1 aliphatic heterocycles. The molecule has 0 spiro atoms. The first-order valence-corrected chi connectivity index (χ1v) is 10.5. The van der Waals surface area contributed by atoms with Crippen LogP contribution in [0.4, 0.5) is 9.59 Å². The summed E-state index contributed by atoms with van der Waals surface area (Å²) in [6, 6.07) is 12.6. The minimum Gasteiger partial charge on any atom is -0.479 e. The third-order valence-corrected chi connectivity index (χ3v) is 4.80. The van der Waals surface area contributed by atoms with Gasteiger partial charge in [0.25, 0.3) is 0 Å². The Bertz CT molecular complexity index is 1050. The Balaban J connectivity index is 1.55. The van der Waals surface area contributed by atoms with Gasteiger partial charge in [-0.05, 0) is 44.0 Å². The normalized spacial score (nSPS) is 16.1. The van der Waals surface area contributed by atoms with Gasteiger partial charge in [-0.25, -0.2) is 14.4 Å². The second-order valence-electron chi connectivity index (χ2n) is 8.63. The third-order valence-electron chi connectivity index (χ3n) is 4.80. The van der Waals surface area contributed by atoms with E-state index in [1.807, 2.05) is 18.2 Å². The van der Waals surface area contributed by atoms with E-state index in [0.717, 1.165) is 10.5 Å². The number of carboxylic acid groups (broad SMARTS) is 1. The van der Waals surface area contributed by atoms with E-state index in [9.17, 15) is 24.3 Å². The van der Waals surface area contributed by atoms with Crippen LogP contribution in [-0.2, 0) is 25.7 Å². The predicted octanol–water partition coefficient (Wildman–Crippen LogP) is 3.26. The first kappa shape index (κ1) is 24.6. The highest BCUT2D eigenvalue weighted by molar-refractivity contribution is 5.94. The van der Waals surface area contributed by atoms with Crippen molar-refractivity contribution >= 4 is 24.1 Å². The fraction of sp³-hybridized carbons (Fsp3) is 0.333. The fourth-order valence-electron chi connectivity index (χ4n) is 3.24. The van der Waals surface area contributed by atoms with Gasteiger partial charge >= 0.3 is 18.2 Å². The molecular formula is C24H26N2O8. The molecule has 0 aliphatic carbocycles. The summed E-state index contributed by atoms with van der Waals surface area (Å²) in [5, 5.41) is 12.1. The van der Waals surface area contributed by atoms with E-state index in [-0.39, 0.29) is 18.9 Å². The average Bonchev–Trinajstić information content (AvgIpc) is 2.76. The van der Waals surface area contributed by atoms with Gasteiger partial charge in [-0.15, -0.1) is 0 Å². The van der Waals surface area contributed by atoms with Gasteiger partial charge in [0, 0.05) is 0 Å². The lowest BCUT2D eigenvalue weighted by Gasteiger charge is -2.41. The Morgan fingerprint density at radius 1 is 1.09 bits per heavy atom. The topological polar surface area (TPSA) is 131 Å². The number of likely N-dealkylation sites (tertiary alicyclic amines) is 1. The monoisotopic (exact) mass is 470 g/mol. The second-order valence-corrected chi connectivity index (χ2v) is 8.63. The number of β-lactam (4-membered cyclic amide) rings is 1. The molecule has 1 saturated heterocycles. The lowest BCUT2D eigenvalue weighted by atomic mass is 9.98. The summed E-state index contributed by atoms with van der Waals surface area (Å²) in [5.74, 6) is -1.62. The van der Waals surface area contributed by atoms with E-state index in [1.165, 1.54) is 24.3 Å². The number of nitrogens with zero attached hydrogens (tertiary/aromatic N) is 1. The molecule has 2 atom stereocenters. The molecular weight excluding hydrogens is 444 g/mol. The molecule has 34 heavy (non-hydrogen) atoms. The van der Waals surface area contributed by atoms with E-state index in [1.54, 1.807) is 32.9 Å². The molecule has 10 heteroatoms. The van der Waals surface area contributed by atoms with Crippen molar-refractivity contribution in [2.75, 3.05) is 6.54 Å². The first-order chi connectivity index (χ1) is 16.0. The molecule has 0 saturated carbocycles. The van der Waals surface area contributed by atoms with Crippen molar-refractivity contribution in [3.8, 4) is 5.75 Å². The van der Waals surface area contributed by atoms with Crippen LogP contribution in [-0.4, -0.2) is 52.3 Å². The predicted molar refractivity (Wildman–Crippen MR) is 119 cm³/mol. The van der Waals surface area contributed by atoms with E-state index >= 15 is 0 Å². The maximum Gasteiger partial charge on any atom is 0.514 e. The summed E-state index contributed by atoms with van der Waals surface area (Å²) < 4.78 is 15.2. The largest absolute Gasteiger partial charge is 0.514 e. The fourth-order valence-corrected chi connectivity index (χ4v) is 3.24. The number of carboxylic acids is 1. The quantitative estimate of drug-likeness (QED) is 0.358. The van der Waals surface area contributed by atoms with E-state index in [4.69, 9.17) is 14.2 Å². The van der Waals surface area contributed by atoms with Crippen LogP contribution in [0.2, 0.25) is 0 Å². The summed E-state index contributed by atoms with van der Waals surface area (Å²) in [6.07, 6.45) is -1.65.